The van der Waals surface area contributed by atoms with Gasteiger partial charge in [-0.05, 0) is 29.1 Å². The van der Waals surface area contributed by atoms with Gasteiger partial charge in [-0.3, -0.25) is 0 Å². The normalized spacial score (nSPS) is 10.5. The highest BCUT2D eigenvalue weighted by Gasteiger charge is 2.05. The van der Waals surface area contributed by atoms with Gasteiger partial charge in [-0.2, -0.15) is 0 Å². The van der Waals surface area contributed by atoms with Gasteiger partial charge in [-0.15, -0.1) is 11.3 Å². The van der Waals surface area contributed by atoms with E-state index in [1.807, 2.05) is 24.3 Å². The van der Waals surface area contributed by atoms with Crippen LogP contribution in [0, 0.1) is 0 Å². The second kappa shape index (κ2) is 5.16. The number of aliphatic hydroxyl groups excluding tert-OH is 1. The summed E-state index contributed by atoms with van der Waals surface area (Å²) in [5, 5.41) is 11.3. The van der Waals surface area contributed by atoms with E-state index in [4.69, 9.17) is 0 Å². The third-order valence-electron chi connectivity index (χ3n) is 1.91. The van der Waals surface area contributed by atoms with Gasteiger partial charge in [-0.1, -0.05) is 39.8 Å². The Morgan fingerprint density at radius 3 is 2.87 bits per heavy atom. The summed E-state index contributed by atoms with van der Waals surface area (Å²) in [4.78, 5) is 1.11. The van der Waals surface area contributed by atoms with Crippen LogP contribution < -0.4 is 0 Å². The molecule has 0 aliphatic rings. The predicted molar refractivity (Wildman–Crippen MR) is 68.5 cm³/mol. The van der Waals surface area contributed by atoms with Crippen LogP contribution in [0.15, 0.2) is 49.3 Å². The second-order valence-corrected chi connectivity index (χ2v) is 6.15. The molecule has 0 saturated carbocycles. The first-order chi connectivity index (χ1) is 7.29. The summed E-state index contributed by atoms with van der Waals surface area (Å²) in [6.07, 6.45) is 0. The van der Waals surface area contributed by atoms with E-state index in [0.29, 0.717) is 0 Å². The molecular weight excluding hydrogens is 292 g/mol. The summed E-state index contributed by atoms with van der Waals surface area (Å²) in [5.41, 5.74) is 0.969. The molecule has 0 radical (unpaired) electrons. The predicted octanol–water partition coefficient (Wildman–Crippen LogP) is 4.15. The summed E-state index contributed by atoms with van der Waals surface area (Å²) in [7, 11) is 0. The Labute approximate surface area is 105 Å². The highest BCUT2D eigenvalue weighted by molar-refractivity contribution is 9.10. The minimum absolute atomic E-state index is 0.0843. The number of benzene rings is 1. The zero-order valence-electron chi connectivity index (χ0n) is 7.81. The van der Waals surface area contributed by atoms with Crippen LogP contribution in [0.4, 0.5) is 0 Å². The molecule has 0 atom stereocenters. The molecule has 0 bridgehead atoms. The molecule has 0 spiro atoms. The van der Waals surface area contributed by atoms with Crippen LogP contribution in [0.1, 0.15) is 5.56 Å². The molecular formula is C11H9BrOS2. The monoisotopic (exact) mass is 300 g/mol. The van der Waals surface area contributed by atoms with Crippen LogP contribution in [0.5, 0.6) is 0 Å². The van der Waals surface area contributed by atoms with Crippen molar-refractivity contribution < 1.29 is 5.11 Å². The molecule has 15 heavy (non-hydrogen) atoms. The number of halogens is 1. The summed E-state index contributed by atoms with van der Waals surface area (Å²) >= 11 is 6.84. The first-order valence-corrected chi connectivity index (χ1v) is 6.89. The van der Waals surface area contributed by atoms with Gasteiger partial charge < -0.3 is 5.11 Å². The highest BCUT2D eigenvalue weighted by atomic mass is 79.9. The molecule has 1 heterocycles. The van der Waals surface area contributed by atoms with E-state index in [-0.39, 0.29) is 6.61 Å². The van der Waals surface area contributed by atoms with E-state index < -0.39 is 0 Å². The van der Waals surface area contributed by atoms with E-state index in [1.54, 1.807) is 23.1 Å². The fourth-order valence-electron chi connectivity index (χ4n) is 1.18. The Kier molecular flexibility index (Phi) is 3.86. The third-order valence-corrected chi connectivity index (χ3v) is 4.54. The molecule has 2 rings (SSSR count). The lowest BCUT2D eigenvalue weighted by Crippen LogP contribution is -1.86. The molecule has 0 saturated heterocycles. The van der Waals surface area contributed by atoms with E-state index in [2.05, 4.69) is 27.4 Å². The maximum absolute atomic E-state index is 9.21. The van der Waals surface area contributed by atoms with Crippen molar-refractivity contribution in [1.29, 1.82) is 0 Å². The quantitative estimate of drug-likeness (QED) is 0.919. The van der Waals surface area contributed by atoms with Crippen molar-refractivity contribution in [2.24, 2.45) is 0 Å². The number of aliphatic hydroxyl groups is 1. The van der Waals surface area contributed by atoms with Crippen molar-refractivity contribution in [3.05, 3.63) is 45.7 Å². The zero-order valence-corrected chi connectivity index (χ0v) is 11.0. The van der Waals surface area contributed by atoms with E-state index >= 15 is 0 Å². The van der Waals surface area contributed by atoms with Crippen molar-refractivity contribution in [2.75, 3.05) is 0 Å². The molecule has 1 aromatic heterocycles. The molecule has 1 nitrogen and oxygen atoms in total. The van der Waals surface area contributed by atoms with Gasteiger partial charge in [0.1, 0.15) is 0 Å². The molecule has 0 amide bonds. The average molecular weight is 301 g/mol. The largest absolute Gasteiger partial charge is 0.392 e. The Bertz CT molecular complexity index is 440. The number of rotatable bonds is 3. The highest BCUT2D eigenvalue weighted by Crippen LogP contribution is 2.35. The Hall–Kier alpha value is -0.290. The van der Waals surface area contributed by atoms with Crippen LogP contribution in [-0.4, -0.2) is 5.11 Å². The minimum Gasteiger partial charge on any atom is -0.392 e. The number of thiophene rings is 1. The van der Waals surface area contributed by atoms with Crippen LogP contribution >= 0.6 is 39.0 Å². The van der Waals surface area contributed by atoms with Crippen LogP contribution in [0.3, 0.4) is 0 Å². The van der Waals surface area contributed by atoms with Crippen molar-refractivity contribution in [3.63, 3.8) is 0 Å². The van der Waals surface area contributed by atoms with Crippen molar-refractivity contribution in [3.8, 4) is 0 Å². The lowest BCUT2D eigenvalue weighted by atomic mass is 10.2. The molecule has 1 N–H and O–H groups in total. The standard InChI is InChI=1S/C11H9BrOS2/c12-9-4-3-8(7-13)10(6-9)15-11-2-1-5-14-11/h1-6,13H,7H2. The van der Waals surface area contributed by atoms with E-state index in [9.17, 15) is 5.11 Å². The van der Waals surface area contributed by atoms with Crippen molar-refractivity contribution >= 4 is 39.0 Å². The maximum Gasteiger partial charge on any atom is 0.0692 e. The van der Waals surface area contributed by atoms with Gasteiger partial charge >= 0.3 is 0 Å². The summed E-state index contributed by atoms with van der Waals surface area (Å²) in [6, 6.07) is 10.0. The van der Waals surface area contributed by atoms with Gasteiger partial charge in [0.2, 0.25) is 0 Å². The Morgan fingerprint density at radius 2 is 2.20 bits per heavy atom. The fourth-order valence-corrected chi connectivity index (χ4v) is 3.59. The van der Waals surface area contributed by atoms with Crippen LogP contribution in [0.2, 0.25) is 0 Å². The van der Waals surface area contributed by atoms with Crippen LogP contribution in [-0.2, 0) is 6.61 Å². The zero-order chi connectivity index (χ0) is 10.7. The Morgan fingerprint density at radius 1 is 1.33 bits per heavy atom. The molecule has 0 aliphatic heterocycles. The van der Waals surface area contributed by atoms with Gasteiger partial charge in [0.05, 0.1) is 10.8 Å². The molecule has 78 valence electrons. The minimum atomic E-state index is 0.0843. The van der Waals surface area contributed by atoms with Gasteiger partial charge in [0, 0.05) is 9.37 Å². The molecule has 1 aromatic carbocycles. The summed E-state index contributed by atoms with van der Waals surface area (Å²) < 4.78 is 2.28. The van der Waals surface area contributed by atoms with Gasteiger partial charge in [0.25, 0.3) is 0 Å². The second-order valence-electron chi connectivity index (χ2n) is 2.94. The lowest BCUT2D eigenvalue weighted by molar-refractivity contribution is 0.279. The van der Waals surface area contributed by atoms with Crippen LogP contribution in [0.25, 0.3) is 0 Å². The first-order valence-electron chi connectivity index (χ1n) is 4.40. The molecule has 2 aromatic rings. The van der Waals surface area contributed by atoms with Gasteiger partial charge in [0.15, 0.2) is 0 Å². The summed E-state index contributed by atoms with van der Waals surface area (Å²) in [6.45, 7) is 0.0843. The number of hydrogen-bond acceptors (Lipinski definition) is 3. The molecule has 0 unspecified atom stereocenters. The van der Waals surface area contributed by atoms with E-state index in [0.717, 1.165) is 14.9 Å². The molecule has 4 heteroatoms. The van der Waals surface area contributed by atoms with E-state index in [1.165, 1.54) is 4.21 Å². The fraction of sp³-hybridized carbons (Fsp3) is 0.0909. The van der Waals surface area contributed by atoms with Gasteiger partial charge in [-0.25, -0.2) is 0 Å². The maximum atomic E-state index is 9.21. The third kappa shape index (κ3) is 2.84. The topological polar surface area (TPSA) is 20.2 Å². The summed E-state index contributed by atoms with van der Waals surface area (Å²) in [5.74, 6) is 0. The van der Waals surface area contributed by atoms with Crippen molar-refractivity contribution in [2.45, 2.75) is 15.7 Å². The lowest BCUT2D eigenvalue weighted by Gasteiger charge is -2.05. The average Bonchev–Trinajstić information content (AvgIpc) is 2.71. The molecule has 0 aliphatic carbocycles. The first kappa shape index (κ1) is 11.2. The number of hydrogen-bond donors (Lipinski definition) is 1. The molecule has 0 fully saturated rings. The van der Waals surface area contributed by atoms with Crippen molar-refractivity contribution in [1.82, 2.24) is 0 Å². The Balaban J connectivity index is 2.30. The smallest absolute Gasteiger partial charge is 0.0692 e. The SMILES string of the molecule is OCc1ccc(Br)cc1Sc1cccs1.